The second-order valence-corrected chi connectivity index (χ2v) is 5.44. The summed E-state index contributed by atoms with van der Waals surface area (Å²) >= 11 is 6.85. The average molecular weight is 357 g/mol. The van der Waals surface area contributed by atoms with Crippen LogP contribution in [0.15, 0.2) is 27.1 Å². The van der Waals surface area contributed by atoms with Crippen LogP contribution in [0, 0.1) is 13.8 Å². The van der Waals surface area contributed by atoms with Gasteiger partial charge in [0.05, 0.1) is 10.2 Å². The fraction of sp³-hybridized carbons (Fsp3) is 0.167. The first kappa shape index (κ1) is 12.5. The Kier molecular flexibility index (Phi) is 3.49. The standard InChI is InChI=1S/C12H11Br2N3/c1-6-3-4-8(5-9(6)13)12-16-7(2)10(14)11(15)17-12/h3-5H,1-2H3,(H2,15,16,17). The van der Waals surface area contributed by atoms with Gasteiger partial charge in [-0.1, -0.05) is 28.1 Å². The van der Waals surface area contributed by atoms with Crippen molar-refractivity contribution in [2.45, 2.75) is 13.8 Å². The van der Waals surface area contributed by atoms with E-state index in [2.05, 4.69) is 41.8 Å². The molecular formula is C12H11Br2N3. The maximum atomic E-state index is 5.82. The third-order valence-corrected chi connectivity index (χ3v) is 4.31. The normalized spacial score (nSPS) is 10.6. The van der Waals surface area contributed by atoms with Gasteiger partial charge in [-0.2, -0.15) is 0 Å². The zero-order valence-electron chi connectivity index (χ0n) is 9.46. The van der Waals surface area contributed by atoms with Gasteiger partial charge in [-0.3, -0.25) is 0 Å². The Morgan fingerprint density at radius 2 is 1.82 bits per heavy atom. The lowest BCUT2D eigenvalue weighted by molar-refractivity contribution is 1.10. The van der Waals surface area contributed by atoms with E-state index in [0.29, 0.717) is 11.6 Å². The molecule has 0 amide bonds. The van der Waals surface area contributed by atoms with E-state index < -0.39 is 0 Å². The molecule has 0 saturated heterocycles. The Hall–Kier alpha value is -0.940. The number of rotatable bonds is 1. The highest BCUT2D eigenvalue weighted by Crippen LogP contribution is 2.27. The Labute approximate surface area is 117 Å². The molecule has 0 fully saturated rings. The topological polar surface area (TPSA) is 51.8 Å². The van der Waals surface area contributed by atoms with Gasteiger partial charge in [-0.05, 0) is 41.4 Å². The summed E-state index contributed by atoms with van der Waals surface area (Å²) in [5, 5.41) is 0. The average Bonchev–Trinajstić information content (AvgIpc) is 2.29. The highest BCUT2D eigenvalue weighted by Gasteiger charge is 2.09. The van der Waals surface area contributed by atoms with Gasteiger partial charge in [0.2, 0.25) is 0 Å². The third-order valence-electron chi connectivity index (χ3n) is 2.47. The molecule has 0 bridgehead atoms. The minimum absolute atomic E-state index is 0.462. The summed E-state index contributed by atoms with van der Waals surface area (Å²) in [5.74, 6) is 1.10. The fourth-order valence-electron chi connectivity index (χ4n) is 1.44. The minimum atomic E-state index is 0.462. The first-order valence-corrected chi connectivity index (χ1v) is 6.64. The number of aromatic nitrogens is 2. The molecule has 2 rings (SSSR count). The van der Waals surface area contributed by atoms with Crippen LogP contribution in [-0.4, -0.2) is 9.97 Å². The number of benzene rings is 1. The van der Waals surface area contributed by atoms with Crippen LogP contribution in [0.3, 0.4) is 0 Å². The van der Waals surface area contributed by atoms with Crippen LogP contribution in [0.25, 0.3) is 11.4 Å². The molecular weight excluding hydrogens is 346 g/mol. The number of hydrogen-bond acceptors (Lipinski definition) is 3. The maximum Gasteiger partial charge on any atom is 0.161 e. The quantitative estimate of drug-likeness (QED) is 0.843. The highest BCUT2D eigenvalue weighted by atomic mass is 79.9. The lowest BCUT2D eigenvalue weighted by Gasteiger charge is -2.07. The Balaban J connectivity index is 2.57. The van der Waals surface area contributed by atoms with Crippen LogP contribution >= 0.6 is 31.9 Å². The second kappa shape index (κ2) is 4.74. The summed E-state index contributed by atoms with van der Waals surface area (Å²) in [5.41, 5.74) is 8.78. The van der Waals surface area contributed by atoms with Crippen LogP contribution in [0.4, 0.5) is 5.82 Å². The predicted octanol–water partition coefficient (Wildman–Crippen LogP) is 3.87. The lowest BCUT2D eigenvalue weighted by atomic mass is 10.1. The summed E-state index contributed by atoms with van der Waals surface area (Å²) < 4.78 is 1.80. The molecule has 1 heterocycles. The molecule has 88 valence electrons. The number of aryl methyl sites for hydroxylation is 2. The molecule has 2 aromatic rings. The molecule has 5 heteroatoms. The van der Waals surface area contributed by atoms with Crippen LogP contribution < -0.4 is 5.73 Å². The molecule has 2 N–H and O–H groups in total. The summed E-state index contributed by atoms with van der Waals surface area (Å²) in [6.45, 7) is 3.94. The molecule has 17 heavy (non-hydrogen) atoms. The van der Waals surface area contributed by atoms with Gasteiger partial charge >= 0.3 is 0 Å². The predicted molar refractivity (Wildman–Crippen MR) is 76.8 cm³/mol. The molecule has 0 spiro atoms. The summed E-state index contributed by atoms with van der Waals surface area (Å²) in [6, 6.07) is 6.01. The van der Waals surface area contributed by atoms with Gasteiger partial charge in [-0.25, -0.2) is 9.97 Å². The van der Waals surface area contributed by atoms with E-state index in [1.54, 1.807) is 0 Å². The van der Waals surface area contributed by atoms with Gasteiger partial charge in [-0.15, -0.1) is 0 Å². The molecule has 3 nitrogen and oxygen atoms in total. The number of nitrogens with zero attached hydrogens (tertiary/aromatic N) is 2. The zero-order chi connectivity index (χ0) is 12.6. The molecule has 1 aromatic heterocycles. The summed E-state index contributed by atoms with van der Waals surface area (Å²) in [7, 11) is 0. The van der Waals surface area contributed by atoms with E-state index in [4.69, 9.17) is 5.73 Å². The Morgan fingerprint density at radius 1 is 1.12 bits per heavy atom. The molecule has 0 radical (unpaired) electrons. The van der Waals surface area contributed by atoms with Crippen LogP contribution in [0.5, 0.6) is 0 Å². The van der Waals surface area contributed by atoms with E-state index in [-0.39, 0.29) is 0 Å². The van der Waals surface area contributed by atoms with E-state index >= 15 is 0 Å². The first-order valence-electron chi connectivity index (χ1n) is 5.05. The smallest absolute Gasteiger partial charge is 0.161 e. The SMILES string of the molecule is Cc1ccc(-c2nc(C)c(Br)c(N)n2)cc1Br. The van der Waals surface area contributed by atoms with E-state index in [9.17, 15) is 0 Å². The third kappa shape index (κ3) is 2.50. The van der Waals surface area contributed by atoms with Crippen LogP contribution in [0.2, 0.25) is 0 Å². The van der Waals surface area contributed by atoms with Crippen molar-refractivity contribution in [2.75, 3.05) is 5.73 Å². The summed E-state index contributed by atoms with van der Waals surface area (Å²) in [6.07, 6.45) is 0. The van der Waals surface area contributed by atoms with Gasteiger partial charge in [0.15, 0.2) is 5.82 Å². The fourth-order valence-corrected chi connectivity index (χ4v) is 2.00. The number of hydrogen-bond donors (Lipinski definition) is 1. The highest BCUT2D eigenvalue weighted by molar-refractivity contribution is 9.11. The maximum absolute atomic E-state index is 5.82. The van der Waals surface area contributed by atoms with Gasteiger partial charge in [0.25, 0.3) is 0 Å². The van der Waals surface area contributed by atoms with Crippen molar-refractivity contribution >= 4 is 37.7 Å². The molecule has 0 aliphatic rings. The largest absolute Gasteiger partial charge is 0.383 e. The first-order chi connectivity index (χ1) is 7.99. The Bertz CT molecular complexity index is 559. The van der Waals surface area contributed by atoms with E-state index in [1.807, 2.05) is 32.0 Å². The van der Waals surface area contributed by atoms with Crippen molar-refractivity contribution in [1.29, 1.82) is 0 Å². The number of nitrogen functional groups attached to an aromatic ring is 1. The summed E-state index contributed by atoms with van der Waals surface area (Å²) in [4.78, 5) is 8.69. The molecule has 0 atom stereocenters. The van der Waals surface area contributed by atoms with E-state index in [0.717, 1.165) is 20.2 Å². The minimum Gasteiger partial charge on any atom is -0.383 e. The Morgan fingerprint density at radius 3 is 2.41 bits per heavy atom. The van der Waals surface area contributed by atoms with Crippen LogP contribution in [0.1, 0.15) is 11.3 Å². The lowest BCUT2D eigenvalue weighted by Crippen LogP contribution is -2.00. The number of anilines is 1. The zero-order valence-corrected chi connectivity index (χ0v) is 12.6. The number of nitrogens with two attached hydrogens (primary N) is 1. The van der Waals surface area contributed by atoms with Crippen molar-refractivity contribution < 1.29 is 0 Å². The molecule has 0 aliphatic heterocycles. The van der Waals surface area contributed by atoms with Crippen molar-refractivity contribution in [3.05, 3.63) is 38.4 Å². The van der Waals surface area contributed by atoms with Gasteiger partial charge in [0, 0.05) is 10.0 Å². The molecule has 1 aromatic carbocycles. The van der Waals surface area contributed by atoms with Gasteiger partial charge in [0.1, 0.15) is 5.82 Å². The van der Waals surface area contributed by atoms with E-state index in [1.165, 1.54) is 5.56 Å². The molecule has 0 unspecified atom stereocenters. The van der Waals surface area contributed by atoms with Crippen molar-refractivity contribution in [2.24, 2.45) is 0 Å². The van der Waals surface area contributed by atoms with Crippen molar-refractivity contribution in [3.8, 4) is 11.4 Å². The monoisotopic (exact) mass is 355 g/mol. The van der Waals surface area contributed by atoms with Crippen molar-refractivity contribution in [3.63, 3.8) is 0 Å². The van der Waals surface area contributed by atoms with Crippen LogP contribution in [-0.2, 0) is 0 Å². The number of halogens is 2. The van der Waals surface area contributed by atoms with Gasteiger partial charge < -0.3 is 5.73 Å². The molecule has 0 aliphatic carbocycles. The molecule has 0 saturated carbocycles. The second-order valence-electron chi connectivity index (χ2n) is 3.80. The van der Waals surface area contributed by atoms with Crippen molar-refractivity contribution in [1.82, 2.24) is 9.97 Å².